The molecule has 2 atom stereocenters. The van der Waals surface area contributed by atoms with Gasteiger partial charge in [-0.15, -0.1) is 0 Å². The van der Waals surface area contributed by atoms with Crippen LogP contribution in [0.5, 0.6) is 0 Å². The number of esters is 1. The molecule has 0 aliphatic rings. The molecule has 8 nitrogen and oxygen atoms in total. The molecule has 8 heteroatoms. The molecular weight excluding hydrogens is 198 g/mol. The minimum absolute atomic E-state index is 0.601. The first kappa shape index (κ1) is 12.3. The zero-order valence-corrected chi connectivity index (χ0v) is 6.91. The highest BCUT2D eigenvalue weighted by Crippen LogP contribution is 2.01. The van der Waals surface area contributed by atoms with Crippen LogP contribution in [-0.4, -0.2) is 52.0 Å². The molecule has 0 saturated carbocycles. The number of aliphatic carboxylic acids is 2. The predicted molar refractivity (Wildman–Crippen MR) is 40.2 cm³/mol. The average Bonchev–Trinajstić information content (AvgIpc) is 2.11. The molecule has 0 bridgehead atoms. The van der Waals surface area contributed by atoms with Gasteiger partial charge in [0.1, 0.15) is 0 Å². The summed E-state index contributed by atoms with van der Waals surface area (Å²) in [5.41, 5.74) is 4.80. The van der Waals surface area contributed by atoms with Crippen molar-refractivity contribution in [3.8, 4) is 0 Å². The van der Waals surface area contributed by atoms with Crippen LogP contribution in [0.2, 0.25) is 0 Å². The Balaban J connectivity index is 4.52. The molecule has 5 N–H and O–H groups in total. The van der Waals surface area contributed by atoms with E-state index in [9.17, 15) is 14.4 Å². The molecular formula is C6H9NO7. The second-order valence-corrected chi connectivity index (χ2v) is 2.24. The van der Waals surface area contributed by atoms with E-state index in [1.807, 2.05) is 0 Å². The highest BCUT2D eigenvalue weighted by Gasteiger charge is 2.35. The molecule has 0 radical (unpaired) electrons. The highest BCUT2D eigenvalue weighted by atomic mass is 16.6. The number of carboxylic acid groups (broad SMARTS) is 2. The van der Waals surface area contributed by atoms with Crippen molar-refractivity contribution in [2.45, 2.75) is 12.2 Å². The summed E-state index contributed by atoms with van der Waals surface area (Å²) in [6, 6.07) is 0. The normalized spacial score (nSPS) is 14.1. The fourth-order valence-corrected chi connectivity index (χ4v) is 0.569. The summed E-state index contributed by atoms with van der Waals surface area (Å²) in [5, 5.41) is 25.4. The maximum atomic E-state index is 10.5. The maximum absolute atomic E-state index is 10.5. The minimum atomic E-state index is -2.32. The van der Waals surface area contributed by atoms with Gasteiger partial charge >= 0.3 is 17.9 Å². The van der Waals surface area contributed by atoms with Crippen LogP contribution < -0.4 is 5.73 Å². The second kappa shape index (κ2) is 5.14. The summed E-state index contributed by atoms with van der Waals surface area (Å²) < 4.78 is 4.09. The minimum Gasteiger partial charge on any atom is -0.479 e. The first-order chi connectivity index (χ1) is 6.40. The lowest BCUT2D eigenvalue weighted by molar-refractivity contribution is -0.177. The predicted octanol–water partition coefficient (Wildman–Crippen LogP) is -2.61. The third kappa shape index (κ3) is 3.37. The van der Waals surface area contributed by atoms with Crippen LogP contribution in [0.25, 0.3) is 0 Å². The molecule has 0 spiro atoms. The number of ether oxygens (including phenoxy) is 1. The van der Waals surface area contributed by atoms with Crippen molar-refractivity contribution in [3.05, 3.63) is 0 Å². The first-order valence-corrected chi connectivity index (χ1v) is 3.43. The molecule has 0 aliphatic carbocycles. The third-order valence-corrected chi connectivity index (χ3v) is 1.21. The number of carboxylic acids is 2. The number of aliphatic hydroxyl groups is 1. The Hall–Kier alpha value is -1.67. The molecule has 0 aromatic carbocycles. The van der Waals surface area contributed by atoms with E-state index in [2.05, 4.69) is 4.74 Å². The van der Waals surface area contributed by atoms with Gasteiger partial charge in [0.15, 0.2) is 6.10 Å². The molecule has 0 heterocycles. The summed E-state index contributed by atoms with van der Waals surface area (Å²) in [6.07, 6.45) is -4.47. The largest absolute Gasteiger partial charge is 0.479 e. The van der Waals surface area contributed by atoms with Crippen molar-refractivity contribution in [3.63, 3.8) is 0 Å². The fraction of sp³-hybridized carbons (Fsp3) is 0.500. The molecule has 0 amide bonds. The molecule has 14 heavy (non-hydrogen) atoms. The summed E-state index contributed by atoms with van der Waals surface area (Å²) in [6.45, 7) is -0.601. The topological polar surface area (TPSA) is 147 Å². The lowest BCUT2D eigenvalue weighted by Crippen LogP contribution is -2.43. The Kier molecular flexibility index (Phi) is 4.53. The molecule has 0 aliphatic heterocycles. The Labute approximate surface area is 77.9 Å². The fourth-order valence-electron chi connectivity index (χ4n) is 0.569. The van der Waals surface area contributed by atoms with E-state index < -0.39 is 36.7 Å². The van der Waals surface area contributed by atoms with E-state index in [0.717, 1.165) is 0 Å². The van der Waals surface area contributed by atoms with E-state index in [1.54, 1.807) is 0 Å². The Morgan fingerprint density at radius 1 is 1.21 bits per heavy atom. The molecule has 0 aromatic heterocycles. The lowest BCUT2D eigenvalue weighted by atomic mass is 10.2. The molecule has 0 saturated heterocycles. The SMILES string of the molecule is NCC(=O)OC(C(=O)O)C(O)C(=O)O. The van der Waals surface area contributed by atoms with E-state index in [4.69, 9.17) is 21.1 Å². The van der Waals surface area contributed by atoms with Crippen LogP contribution in [0.15, 0.2) is 0 Å². The van der Waals surface area contributed by atoms with Crippen molar-refractivity contribution in [1.29, 1.82) is 0 Å². The van der Waals surface area contributed by atoms with Crippen molar-refractivity contribution in [2.24, 2.45) is 5.73 Å². The Morgan fingerprint density at radius 3 is 2.00 bits per heavy atom. The second-order valence-electron chi connectivity index (χ2n) is 2.24. The van der Waals surface area contributed by atoms with Gasteiger partial charge in [-0.05, 0) is 0 Å². The molecule has 80 valence electrons. The van der Waals surface area contributed by atoms with Gasteiger partial charge in [0, 0.05) is 0 Å². The first-order valence-electron chi connectivity index (χ1n) is 3.43. The standard InChI is InChI=1S/C6H9NO7/c7-1-2(8)14-4(6(12)13)3(9)5(10)11/h3-4,9H,1,7H2,(H,10,11)(H,12,13). The Morgan fingerprint density at radius 2 is 1.71 bits per heavy atom. The summed E-state index contributed by atoms with van der Waals surface area (Å²) in [4.78, 5) is 31.1. The summed E-state index contributed by atoms with van der Waals surface area (Å²) in [7, 11) is 0. The van der Waals surface area contributed by atoms with Crippen molar-refractivity contribution < 1.29 is 34.4 Å². The van der Waals surface area contributed by atoms with Gasteiger partial charge in [0.2, 0.25) is 6.10 Å². The van der Waals surface area contributed by atoms with Crippen molar-refractivity contribution >= 4 is 17.9 Å². The van der Waals surface area contributed by atoms with E-state index >= 15 is 0 Å². The van der Waals surface area contributed by atoms with E-state index in [-0.39, 0.29) is 0 Å². The van der Waals surface area contributed by atoms with Crippen molar-refractivity contribution in [2.75, 3.05) is 6.54 Å². The smallest absolute Gasteiger partial charge is 0.348 e. The van der Waals surface area contributed by atoms with Gasteiger partial charge in [0.25, 0.3) is 0 Å². The van der Waals surface area contributed by atoms with Gasteiger partial charge < -0.3 is 25.8 Å². The number of aliphatic hydroxyl groups excluding tert-OH is 1. The van der Waals surface area contributed by atoms with Crippen LogP contribution in [0.3, 0.4) is 0 Å². The van der Waals surface area contributed by atoms with Crippen LogP contribution >= 0.6 is 0 Å². The van der Waals surface area contributed by atoms with E-state index in [1.165, 1.54) is 0 Å². The quantitative estimate of drug-likeness (QED) is 0.358. The molecule has 0 aromatic rings. The monoisotopic (exact) mass is 207 g/mol. The molecule has 0 rings (SSSR count). The Bertz CT molecular complexity index is 251. The van der Waals surface area contributed by atoms with Gasteiger partial charge in [-0.1, -0.05) is 0 Å². The lowest BCUT2D eigenvalue weighted by Gasteiger charge is -2.15. The van der Waals surface area contributed by atoms with Crippen LogP contribution in [0, 0.1) is 0 Å². The highest BCUT2D eigenvalue weighted by molar-refractivity contribution is 5.85. The van der Waals surface area contributed by atoms with Gasteiger partial charge in [-0.3, -0.25) is 4.79 Å². The third-order valence-electron chi connectivity index (χ3n) is 1.21. The molecule has 2 unspecified atom stereocenters. The van der Waals surface area contributed by atoms with Crippen LogP contribution in [0.1, 0.15) is 0 Å². The number of rotatable bonds is 5. The summed E-state index contributed by atoms with van der Waals surface area (Å²) in [5.74, 6) is -4.68. The van der Waals surface area contributed by atoms with Crippen molar-refractivity contribution in [1.82, 2.24) is 0 Å². The summed E-state index contributed by atoms with van der Waals surface area (Å²) >= 11 is 0. The number of hydrogen-bond acceptors (Lipinski definition) is 6. The van der Waals surface area contributed by atoms with Gasteiger partial charge in [-0.25, -0.2) is 9.59 Å². The number of carbonyl (C=O) groups is 3. The number of nitrogens with two attached hydrogens (primary N) is 1. The van der Waals surface area contributed by atoms with Gasteiger partial charge in [-0.2, -0.15) is 0 Å². The van der Waals surface area contributed by atoms with Crippen LogP contribution in [-0.2, 0) is 19.1 Å². The average molecular weight is 207 g/mol. The zero-order chi connectivity index (χ0) is 11.3. The maximum Gasteiger partial charge on any atom is 0.348 e. The van der Waals surface area contributed by atoms with Crippen LogP contribution in [0.4, 0.5) is 0 Å². The number of hydrogen-bond donors (Lipinski definition) is 4. The van der Waals surface area contributed by atoms with E-state index in [0.29, 0.717) is 0 Å². The van der Waals surface area contributed by atoms with Gasteiger partial charge in [0.05, 0.1) is 6.54 Å². The molecule has 0 fully saturated rings. The number of carbonyl (C=O) groups excluding carboxylic acids is 1. The zero-order valence-electron chi connectivity index (χ0n) is 6.91.